The molecular weight excluding hydrogens is 214 g/mol. The van der Waals surface area contributed by atoms with Crippen LogP contribution in [0, 0.1) is 5.92 Å². The lowest BCUT2D eigenvalue weighted by molar-refractivity contribution is 0.437. The minimum atomic E-state index is 0. The van der Waals surface area contributed by atoms with E-state index >= 15 is 0 Å². The zero-order valence-corrected chi connectivity index (χ0v) is 11.8. The van der Waals surface area contributed by atoms with E-state index in [9.17, 15) is 0 Å². The van der Waals surface area contributed by atoms with Gasteiger partial charge in [-0.1, -0.05) is 13.8 Å². The SMILES string of the molecule is CC(C)CCC(C)NCC(C)(C)S.Cl. The van der Waals surface area contributed by atoms with Crippen molar-refractivity contribution in [3.05, 3.63) is 0 Å². The first-order valence-corrected chi connectivity index (χ1v) is 5.72. The van der Waals surface area contributed by atoms with E-state index in [1.165, 1.54) is 12.8 Å². The van der Waals surface area contributed by atoms with Gasteiger partial charge in [0.1, 0.15) is 0 Å². The van der Waals surface area contributed by atoms with Crippen LogP contribution in [-0.4, -0.2) is 17.3 Å². The van der Waals surface area contributed by atoms with Gasteiger partial charge in [0.05, 0.1) is 0 Å². The zero-order chi connectivity index (χ0) is 10.5. The van der Waals surface area contributed by atoms with Crippen molar-refractivity contribution in [2.24, 2.45) is 5.92 Å². The lowest BCUT2D eigenvalue weighted by Crippen LogP contribution is -2.36. The van der Waals surface area contributed by atoms with Crippen LogP contribution >= 0.6 is 25.0 Å². The summed E-state index contributed by atoms with van der Waals surface area (Å²) in [7, 11) is 0. The van der Waals surface area contributed by atoms with Crippen LogP contribution < -0.4 is 5.32 Å². The van der Waals surface area contributed by atoms with E-state index in [4.69, 9.17) is 0 Å². The maximum absolute atomic E-state index is 4.48. The monoisotopic (exact) mass is 239 g/mol. The van der Waals surface area contributed by atoms with Crippen molar-refractivity contribution >= 4 is 25.0 Å². The standard InChI is InChI=1S/C11H25NS.ClH/c1-9(2)6-7-10(3)12-8-11(4,5)13;/h9-10,12-13H,6-8H2,1-5H3;1H. The topological polar surface area (TPSA) is 12.0 Å². The van der Waals surface area contributed by atoms with E-state index in [0.29, 0.717) is 6.04 Å². The van der Waals surface area contributed by atoms with Gasteiger partial charge in [-0.2, -0.15) is 12.6 Å². The third kappa shape index (κ3) is 12.6. The molecule has 0 aromatic heterocycles. The normalized spacial score (nSPS) is 13.9. The zero-order valence-electron chi connectivity index (χ0n) is 10.1. The fourth-order valence-corrected chi connectivity index (χ4v) is 1.20. The number of hydrogen-bond donors (Lipinski definition) is 2. The molecule has 0 heterocycles. The average molecular weight is 240 g/mol. The van der Waals surface area contributed by atoms with Crippen LogP contribution in [0.2, 0.25) is 0 Å². The van der Waals surface area contributed by atoms with Gasteiger partial charge < -0.3 is 5.32 Å². The molecule has 1 N–H and O–H groups in total. The van der Waals surface area contributed by atoms with Crippen LogP contribution in [0.1, 0.15) is 47.5 Å². The maximum Gasteiger partial charge on any atom is 0.0198 e. The molecule has 88 valence electrons. The Labute approximate surface area is 101 Å². The molecule has 0 saturated carbocycles. The van der Waals surface area contributed by atoms with Crippen LogP contribution in [0.3, 0.4) is 0 Å². The third-order valence-electron chi connectivity index (χ3n) is 2.06. The summed E-state index contributed by atoms with van der Waals surface area (Å²) < 4.78 is 0.103. The van der Waals surface area contributed by atoms with Crippen LogP contribution in [0.25, 0.3) is 0 Å². The van der Waals surface area contributed by atoms with Gasteiger partial charge in [-0.05, 0) is 39.5 Å². The Hall–Kier alpha value is 0.600. The summed E-state index contributed by atoms with van der Waals surface area (Å²) in [6, 6.07) is 0.619. The van der Waals surface area contributed by atoms with Gasteiger partial charge in [-0.3, -0.25) is 0 Å². The number of nitrogens with one attached hydrogen (secondary N) is 1. The minimum absolute atomic E-state index is 0. The molecular formula is C11H26ClNS. The second-order valence-corrected chi connectivity index (χ2v) is 6.28. The fraction of sp³-hybridized carbons (Fsp3) is 1.00. The summed E-state index contributed by atoms with van der Waals surface area (Å²) >= 11 is 4.48. The summed E-state index contributed by atoms with van der Waals surface area (Å²) in [6.45, 7) is 12.1. The molecule has 3 heteroatoms. The Kier molecular flexibility index (Phi) is 9.52. The van der Waals surface area contributed by atoms with Crippen molar-refractivity contribution in [1.29, 1.82) is 0 Å². The summed E-state index contributed by atoms with van der Waals surface area (Å²) in [5.41, 5.74) is 0. The van der Waals surface area contributed by atoms with Gasteiger partial charge in [0.15, 0.2) is 0 Å². The van der Waals surface area contributed by atoms with Gasteiger partial charge >= 0.3 is 0 Å². The fourth-order valence-electron chi connectivity index (χ4n) is 1.11. The van der Waals surface area contributed by atoms with E-state index < -0.39 is 0 Å². The quantitative estimate of drug-likeness (QED) is 0.676. The number of halogens is 1. The Morgan fingerprint density at radius 1 is 1.14 bits per heavy atom. The Bertz CT molecular complexity index is 132. The molecule has 0 rings (SSSR count). The molecule has 1 nitrogen and oxygen atoms in total. The third-order valence-corrected chi connectivity index (χ3v) is 2.22. The Morgan fingerprint density at radius 3 is 2.00 bits per heavy atom. The van der Waals surface area contributed by atoms with Crippen LogP contribution in [-0.2, 0) is 0 Å². The molecule has 0 aliphatic rings. The first kappa shape index (κ1) is 17.0. The lowest BCUT2D eigenvalue weighted by atomic mass is 10.0. The number of hydrogen-bond acceptors (Lipinski definition) is 2. The van der Waals surface area contributed by atoms with Crippen molar-refractivity contribution < 1.29 is 0 Å². The first-order chi connectivity index (χ1) is 5.81. The van der Waals surface area contributed by atoms with Crippen molar-refractivity contribution in [2.75, 3.05) is 6.54 Å². The summed E-state index contributed by atoms with van der Waals surface area (Å²) in [5, 5.41) is 3.50. The van der Waals surface area contributed by atoms with Crippen molar-refractivity contribution in [2.45, 2.75) is 58.2 Å². The van der Waals surface area contributed by atoms with Crippen molar-refractivity contribution in [3.8, 4) is 0 Å². The van der Waals surface area contributed by atoms with Gasteiger partial charge in [0.2, 0.25) is 0 Å². The maximum atomic E-state index is 4.48. The average Bonchev–Trinajstić information content (AvgIpc) is 1.95. The first-order valence-electron chi connectivity index (χ1n) is 5.27. The van der Waals surface area contributed by atoms with E-state index in [2.05, 4.69) is 52.6 Å². The molecule has 1 unspecified atom stereocenters. The Morgan fingerprint density at radius 2 is 1.64 bits per heavy atom. The van der Waals surface area contributed by atoms with Gasteiger partial charge in [-0.25, -0.2) is 0 Å². The largest absolute Gasteiger partial charge is 0.313 e. The molecule has 0 aliphatic carbocycles. The summed E-state index contributed by atoms with van der Waals surface area (Å²) in [5.74, 6) is 0.813. The molecule has 0 radical (unpaired) electrons. The smallest absolute Gasteiger partial charge is 0.0198 e. The molecule has 0 aromatic rings. The van der Waals surface area contributed by atoms with Crippen LogP contribution in [0.15, 0.2) is 0 Å². The molecule has 0 spiro atoms. The van der Waals surface area contributed by atoms with E-state index in [0.717, 1.165) is 12.5 Å². The molecule has 14 heavy (non-hydrogen) atoms. The minimum Gasteiger partial charge on any atom is -0.313 e. The molecule has 0 saturated heterocycles. The second kappa shape index (κ2) is 7.84. The highest BCUT2D eigenvalue weighted by Crippen LogP contribution is 2.11. The molecule has 0 fully saturated rings. The molecule has 0 aliphatic heterocycles. The number of rotatable bonds is 6. The van der Waals surface area contributed by atoms with Crippen molar-refractivity contribution in [1.82, 2.24) is 5.32 Å². The van der Waals surface area contributed by atoms with Gasteiger partial charge in [0, 0.05) is 17.3 Å². The predicted octanol–water partition coefficient (Wildman–Crippen LogP) is 3.53. The van der Waals surface area contributed by atoms with Crippen molar-refractivity contribution in [3.63, 3.8) is 0 Å². The highest BCUT2D eigenvalue weighted by molar-refractivity contribution is 7.81. The highest BCUT2D eigenvalue weighted by atomic mass is 35.5. The van der Waals surface area contributed by atoms with E-state index in [1.807, 2.05) is 0 Å². The summed E-state index contributed by atoms with van der Waals surface area (Å²) in [4.78, 5) is 0. The van der Waals surface area contributed by atoms with Gasteiger partial charge in [0.25, 0.3) is 0 Å². The molecule has 0 aromatic carbocycles. The molecule has 0 bridgehead atoms. The highest BCUT2D eigenvalue weighted by Gasteiger charge is 2.12. The Balaban J connectivity index is 0. The molecule has 0 amide bonds. The number of thiol groups is 1. The predicted molar refractivity (Wildman–Crippen MR) is 71.8 cm³/mol. The second-order valence-electron chi connectivity index (χ2n) is 5.07. The van der Waals surface area contributed by atoms with Crippen LogP contribution in [0.5, 0.6) is 0 Å². The molecule has 1 atom stereocenters. The van der Waals surface area contributed by atoms with E-state index in [1.54, 1.807) is 0 Å². The summed E-state index contributed by atoms with van der Waals surface area (Å²) in [6.07, 6.45) is 2.57. The van der Waals surface area contributed by atoms with Crippen LogP contribution in [0.4, 0.5) is 0 Å². The van der Waals surface area contributed by atoms with Gasteiger partial charge in [-0.15, -0.1) is 12.4 Å². The lowest BCUT2D eigenvalue weighted by Gasteiger charge is -2.22. The van der Waals surface area contributed by atoms with E-state index in [-0.39, 0.29) is 17.2 Å².